The average Bonchev–Trinajstić information content (AvgIpc) is 2.61. The third-order valence-electron chi connectivity index (χ3n) is 1.94. The van der Waals surface area contributed by atoms with Gasteiger partial charge in [0.1, 0.15) is 11.4 Å². The number of carboxylic acid groups (broad SMARTS) is 1. The first-order valence-electron chi connectivity index (χ1n) is 4.27. The molecule has 0 radical (unpaired) electrons. The van der Waals surface area contributed by atoms with E-state index in [-0.39, 0.29) is 22.0 Å². The highest BCUT2D eigenvalue weighted by atomic mass is 79.9. The first kappa shape index (κ1) is 10.7. The van der Waals surface area contributed by atoms with Gasteiger partial charge in [-0.05, 0) is 24.3 Å². The number of carbonyl (C=O) groups is 1. The molecule has 0 bridgehead atoms. The molecule has 0 aliphatic rings. The lowest BCUT2D eigenvalue weighted by Crippen LogP contribution is -1.96. The van der Waals surface area contributed by atoms with Gasteiger partial charge < -0.3 is 14.6 Å². The molecule has 0 saturated heterocycles. The topological polar surface area (TPSA) is 83.6 Å². The molecule has 2 N–H and O–H groups in total. The minimum atomic E-state index is -1.19. The van der Waals surface area contributed by atoms with Gasteiger partial charge in [-0.2, -0.15) is 0 Å². The van der Waals surface area contributed by atoms with E-state index in [1.165, 1.54) is 12.1 Å². The lowest BCUT2D eigenvalue weighted by atomic mass is 10.1. The zero-order chi connectivity index (χ0) is 11.7. The SMILES string of the molecule is O=C(O)c1oc(Br)nc1-c1ccc(O)cc1. The summed E-state index contributed by atoms with van der Waals surface area (Å²) in [4.78, 5) is 14.9. The molecule has 82 valence electrons. The summed E-state index contributed by atoms with van der Waals surface area (Å²) in [5, 5.41) is 18.0. The number of phenolic OH excluding ortho intramolecular Hbond substituents is 1. The molecule has 6 heteroatoms. The summed E-state index contributed by atoms with van der Waals surface area (Å²) in [7, 11) is 0. The van der Waals surface area contributed by atoms with Crippen LogP contribution in [0, 0.1) is 0 Å². The molecule has 0 unspecified atom stereocenters. The van der Waals surface area contributed by atoms with E-state index in [9.17, 15) is 4.79 Å². The van der Waals surface area contributed by atoms with Crippen LogP contribution in [0.1, 0.15) is 10.6 Å². The zero-order valence-corrected chi connectivity index (χ0v) is 9.43. The van der Waals surface area contributed by atoms with Crippen molar-refractivity contribution in [1.82, 2.24) is 4.98 Å². The number of halogens is 1. The van der Waals surface area contributed by atoms with Crippen molar-refractivity contribution < 1.29 is 19.4 Å². The summed E-state index contributed by atoms with van der Waals surface area (Å²) in [5.74, 6) is -1.33. The number of aromatic nitrogens is 1. The molecule has 1 aromatic carbocycles. The Morgan fingerprint density at radius 2 is 1.94 bits per heavy atom. The number of hydrogen-bond acceptors (Lipinski definition) is 4. The third kappa shape index (κ3) is 1.92. The number of oxazole rings is 1. The fourth-order valence-electron chi connectivity index (χ4n) is 1.25. The number of aromatic hydroxyl groups is 1. The van der Waals surface area contributed by atoms with E-state index >= 15 is 0 Å². The molecular weight excluding hydrogens is 278 g/mol. The monoisotopic (exact) mass is 283 g/mol. The molecule has 0 aliphatic heterocycles. The zero-order valence-electron chi connectivity index (χ0n) is 7.85. The van der Waals surface area contributed by atoms with Crippen LogP contribution in [0.2, 0.25) is 0 Å². The Morgan fingerprint density at radius 3 is 2.50 bits per heavy atom. The number of phenols is 1. The van der Waals surface area contributed by atoms with Gasteiger partial charge in [0.05, 0.1) is 0 Å². The van der Waals surface area contributed by atoms with Gasteiger partial charge in [0.25, 0.3) is 4.80 Å². The van der Waals surface area contributed by atoms with Crippen LogP contribution >= 0.6 is 15.9 Å². The maximum Gasteiger partial charge on any atom is 0.374 e. The Kier molecular flexibility index (Phi) is 2.66. The van der Waals surface area contributed by atoms with Crippen molar-refractivity contribution in [3.63, 3.8) is 0 Å². The van der Waals surface area contributed by atoms with Crippen LogP contribution in [0.3, 0.4) is 0 Å². The summed E-state index contributed by atoms with van der Waals surface area (Å²) in [6, 6.07) is 6.02. The Balaban J connectivity index is 2.55. The van der Waals surface area contributed by atoms with Gasteiger partial charge in [-0.3, -0.25) is 0 Å². The van der Waals surface area contributed by atoms with E-state index in [1.807, 2.05) is 0 Å². The summed E-state index contributed by atoms with van der Waals surface area (Å²) in [6.45, 7) is 0. The Bertz CT molecular complexity index is 532. The lowest BCUT2D eigenvalue weighted by Gasteiger charge is -1.97. The van der Waals surface area contributed by atoms with Gasteiger partial charge >= 0.3 is 5.97 Å². The molecule has 5 nitrogen and oxygen atoms in total. The number of carboxylic acids is 1. The molecule has 1 heterocycles. The van der Waals surface area contributed by atoms with Crippen LogP contribution in [-0.2, 0) is 0 Å². The van der Waals surface area contributed by atoms with Crippen molar-refractivity contribution in [3.8, 4) is 17.0 Å². The predicted molar refractivity (Wildman–Crippen MR) is 58.3 cm³/mol. The van der Waals surface area contributed by atoms with E-state index in [4.69, 9.17) is 14.6 Å². The second-order valence-corrected chi connectivity index (χ2v) is 3.67. The number of hydrogen-bond donors (Lipinski definition) is 2. The highest BCUT2D eigenvalue weighted by Gasteiger charge is 2.19. The van der Waals surface area contributed by atoms with Crippen LogP contribution in [0.5, 0.6) is 5.75 Å². The molecule has 16 heavy (non-hydrogen) atoms. The fourth-order valence-corrected chi connectivity index (χ4v) is 1.59. The first-order chi connectivity index (χ1) is 7.58. The molecule has 0 spiro atoms. The standard InChI is InChI=1S/C10H6BrNO4/c11-10-12-7(8(16-10)9(14)15)5-1-3-6(13)4-2-5/h1-4,13H,(H,14,15). The van der Waals surface area contributed by atoms with Gasteiger partial charge in [0, 0.05) is 21.5 Å². The van der Waals surface area contributed by atoms with Gasteiger partial charge in [0.2, 0.25) is 5.76 Å². The molecule has 0 aliphatic carbocycles. The van der Waals surface area contributed by atoms with Crippen molar-refractivity contribution >= 4 is 21.9 Å². The van der Waals surface area contributed by atoms with Crippen molar-refractivity contribution in [2.75, 3.05) is 0 Å². The molecular formula is C10H6BrNO4. The molecule has 0 fully saturated rings. The minimum absolute atomic E-state index is 0.100. The normalized spacial score (nSPS) is 10.3. The third-order valence-corrected chi connectivity index (χ3v) is 2.28. The Labute approximate surface area is 98.5 Å². The van der Waals surface area contributed by atoms with Crippen LogP contribution in [0.4, 0.5) is 0 Å². The molecule has 2 rings (SSSR count). The number of aromatic carboxylic acids is 1. The van der Waals surface area contributed by atoms with Crippen molar-refractivity contribution in [3.05, 3.63) is 34.8 Å². The maximum atomic E-state index is 10.9. The largest absolute Gasteiger partial charge is 0.508 e. The summed E-state index contributed by atoms with van der Waals surface area (Å²) in [6.07, 6.45) is 0. The average molecular weight is 284 g/mol. The van der Waals surface area contributed by atoms with Crippen molar-refractivity contribution in [2.45, 2.75) is 0 Å². The lowest BCUT2D eigenvalue weighted by molar-refractivity contribution is 0.0662. The summed E-state index contributed by atoms with van der Waals surface area (Å²) < 4.78 is 4.90. The van der Waals surface area contributed by atoms with Gasteiger partial charge in [-0.1, -0.05) is 0 Å². The molecule has 1 aromatic heterocycles. The van der Waals surface area contributed by atoms with Crippen LogP contribution in [-0.4, -0.2) is 21.2 Å². The second-order valence-electron chi connectivity index (χ2n) is 3.00. The van der Waals surface area contributed by atoms with Gasteiger partial charge in [0.15, 0.2) is 0 Å². The van der Waals surface area contributed by atoms with E-state index in [1.54, 1.807) is 12.1 Å². The minimum Gasteiger partial charge on any atom is -0.508 e. The van der Waals surface area contributed by atoms with Gasteiger partial charge in [-0.15, -0.1) is 0 Å². The molecule has 0 atom stereocenters. The first-order valence-corrected chi connectivity index (χ1v) is 5.06. The summed E-state index contributed by atoms with van der Waals surface area (Å²) >= 11 is 2.97. The fraction of sp³-hybridized carbons (Fsp3) is 0. The predicted octanol–water partition coefficient (Wildman–Crippen LogP) is 2.51. The van der Waals surface area contributed by atoms with Crippen molar-refractivity contribution in [2.24, 2.45) is 0 Å². The number of nitrogens with zero attached hydrogens (tertiary/aromatic N) is 1. The molecule has 0 amide bonds. The van der Waals surface area contributed by atoms with Gasteiger partial charge in [-0.25, -0.2) is 9.78 Å². The van der Waals surface area contributed by atoms with E-state index in [2.05, 4.69) is 20.9 Å². The smallest absolute Gasteiger partial charge is 0.374 e. The highest BCUT2D eigenvalue weighted by molar-refractivity contribution is 9.10. The second kappa shape index (κ2) is 3.97. The van der Waals surface area contributed by atoms with Crippen molar-refractivity contribution in [1.29, 1.82) is 0 Å². The quantitative estimate of drug-likeness (QED) is 0.885. The Morgan fingerprint density at radius 1 is 1.31 bits per heavy atom. The number of rotatable bonds is 2. The maximum absolute atomic E-state index is 10.9. The van der Waals surface area contributed by atoms with E-state index in [0.29, 0.717) is 5.56 Å². The van der Waals surface area contributed by atoms with Crippen LogP contribution in [0.25, 0.3) is 11.3 Å². The summed E-state index contributed by atoms with van der Waals surface area (Å²) in [5.41, 5.74) is 0.782. The van der Waals surface area contributed by atoms with E-state index in [0.717, 1.165) is 0 Å². The molecule has 0 saturated carbocycles. The molecule has 2 aromatic rings. The van der Waals surface area contributed by atoms with Crippen LogP contribution < -0.4 is 0 Å². The number of benzene rings is 1. The van der Waals surface area contributed by atoms with Crippen LogP contribution in [0.15, 0.2) is 33.5 Å². The van der Waals surface area contributed by atoms with E-state index < -0.39 is 5.97 Å². The Hall–Kier alpha value is -1.82. The highest BCUT2D eigenvalue weighted by Crippen LogP contribution is 2.27.